The summed E-state index contributed by atoms with van der Waals surface area (Å²) in [6, 6.07) is 3.43. The Balaban J connectivity index is 1.37. The van der Waals surface area contributed by atoms with Gasteiger partial charge in [0.15, 0.2) is 0 Å². The van der Waals surface area contributed by atoms with Crippen LogP contribution in [-0.4, -0.2) is 29.1 Å². The lowest BCUT2D eigenvalue weighted by Gasteiger charge is -2.39. The Morgan fingerprint density at radius 2 is 2.23 bits per heavy atom. The molecule has 30 heavy (non-hydrogen) atoms. The Labute approximate surface area is 181 Å². The van der Waals surface area contributed by atoms with Gasteiger partial charge in [-0.15, -0.1) is 0 Å². The second-order valence-corrected chi connectivity index (χ2v) is 9.56. The number of rotatable bonds is 6. The minimum atomic E-state index is -0.440. The fourth-order valence-corrected chi connectivity index (χ4v) is 5.95. The molecule has 3 aliphatic carbocycles. The molecule has 4 atom stereocenters. The third-order valence-electron chi connectivity index (χ3n) is 7.44. The van der Waals surface area contributed by atoms with Crippen LogP contribution < -0.4 is 16.4 Å². The molecule has 0 spiro atoms. The van der Waals surface area contributed by atoms with Crippen molar-refractivity contribution in [1.82, 2.24) is 9.97 Å². The van der Waals surface area contributed by atoms with E-state index in [0.717, 1.165) is 55.3 Å². The predicted molar refractivity (Wildman–Crippen MR) is 120 cm³/mol. The van der Waals surface area contributed by atoms with Gasteiger partial charge in [-0.2, -0.15) is 0 Å². The lowest BCUT2D eigenvalue weighted by molar-refractivity contribution is 0.236. The second kappa shape index (κ2) is 7.57. The van der Waals surface area contributed by atoms with Crippen LogP contribution in [0.1, 0.15) is 38.5 Å². The van der Waals surface area contributed by atoms with Gasteiger partial charge in [-0.05, 0) is 74.5 Å². The zero-order chi connectivity index (χ0) is 20.9. The van der Waals surface area contributed by atoms with Crippen molar-refractivity contribution in [3.8, 4) is 0 Å². The molecule has 160 valence electrons. The van der Waals surface area contributed by atoms with E-state index in [0.29, 0.717) is 29.4 Å². The Morgan fingerprint density at radius 3 is 3.00 bits per heavy atom. The normalized spacial score (nSPS) is 30.2. The highest BCUT2D eigenvalue weighted by Gasteiger charge is 2.60. The SMILES string of the molecule is NCCCN(c1nc2cc(F)c(Cl)cc2[nH]1)[C@@H]1CC[C@]2(C3C=C(N)C=CC3)CC2C1. The van der Waals surface area contributed by atoms with E-state index >= 15 is 0 Å². The number of nitrogens with zero attached hydrogens (tertiary/aromatic N) is 2. The van der Waals surface area contributed by atoms with Gasteiger partial charge < -0.3 is 21.4 Å². The topological polar surface area (TPSA) is 84.0 Å². The van der Waals surface area contributed by atoms with Crippen LogP contribution in [0, 0.1) is 23.1 Å². The van der Waals surface area contributed by atoms with Crippen molar-refractivity contribution in [2.75, 3.05) is 18.0 Å². The first kappa shape index (κ1) is 19.9. The molecule has 1 aromatic heterocycles. The Hall–Kier alpha value is -2.05. The smallest absolute Gasteiger partial charge is 0.204 e. The summed E-state index contributed by atoms with van der Waals surface area (Å²) in [6.45, 7) is 1.48. The first-order chi connectivity index (χ1) is 14.5. The average molecular weight is 430 g/mol. The van der Waals surface area contributed by atoms with Gasteiger partial charge in [0, 0.05) is 24.4 Å². The molecule has 1 aromatic carbocycles. The highest BCUT2D eigenvalue weighted by atomic mass is 35.5. The van der Waals surface area contributed by atoms with Gasteiger partial charge in [0.05, 0.1) is 16.1 Å². The van der Waals surface area contributed by atoms with E-state index in [1.807, 2.05) is 6.08 Å². The van der Waals surface area contributed by atoms with Crippen molar-refractivity contribution in [2.45, 2.75) is 44.6 Å². The Morgan fingerprint density at radius 1 is 1.37 bits per heavy atom. The maximum Gasteiger partial charge on any atom is 0.204 e. The van der Waals surface area contributed by atoms with Crippen LogP contribution in [0.3, 0.4) is 0 Å². The summed E-state index contributed by atoms with van der Waals surface area (Å²) in [5.41, 5.74) is 14.6. The summed E-state index contributed by atoms with van der Waals surface area (Å²) < 4.78 is 13.9. The number of hydrogen-bond acceptors (Lipinski definition) is 4. The number of nitrogens with two attached hydrogens (primary N) is 2. The summed E-state index contributed by atoms with van der Waals surface area (Å²) in [6.07, 6.45) is 13.3. The molecule has 0 saturated heterocycles. The second-order valence-electron chi connectivity index (χ2n) is 9.15. The number of nitrogens with one attached hydrogen (secondary N) is 1. The largest absolute Gasteiger partial charge is 0.399 e. The molecule has 0 aliphatic heterocycles. The first-order valence-electron chi connectivity index (χ1n) is 11.0. The number of H-pyrrole nitrogens is 1. The molecule has 0 amide bonds. The Kier molecular flexibility index (Phi) is 5.02. The molecule has 5 rings (SSSR count). The molecule has 2 saturated carbocycles. The quantitative estimate of drug-likeness (QED) is 0.631. The van der Waals surface area contributed by atoms with Crippen LogP contribution in [0.4, 0.5) is 10.3 Å². The molecular formula is C23H29ClFN5. The third kappa shape index (κ3) is 3.40. The summed E-state index contributed by atoms with van der Waals surface area (Å²) in [5, 5.41) is 0.112. The van der Waals surface area contributed by atoms with Crippen LogP contribution in [0.2, 0.25) is 5.02 Å². The van der Waals surface area contributed by atoms with Crippen molar-refractivity contribution in [3.05, 3.63) is 46.9 Å². The van der Waals surface area contributed by atoms with Crippen LogP contribution in [0.15, 0.2) is 36.1 Å². The van der Waals surface area contributed by atoms with E-state index < -0.39 is 5.82 Å². The molecular weight excluding hydrogens is 401 g/mol. The minimum Gasteiger partial charge on any atom is -0.399 e. The van der Waals surface area contributed by atoms with Gasteiger partial charge in [-0.3, -0.25) is 0 Å². The van der Waals surface area contributed by atoms with Crippen molar-refractivity contribution < 1.29 is 4.39 Å². The van der Waals surface area contributed by atoms with Gasteiger partial charge in [-0.1, -0.05) is 23.8 Å². The maximum absolute atomic E-state index is 13.9. The maximum atomic E-state index is 13.9. The molecule has 2 fully saturated rings. The zero-order valence-corrected chi connectivity index (χ0v) is 17.8. The van der Waals surface area contributed by atoms with Crippen LogP contribution in [0.25, 0.3) is 11.0 Å². The molecule has 1 heterocycles. The highest BCUT2D eigenvalue weighted by molar-refractivity contribution is 6.31. The zero-order valence-electron chi connectivity index (χ0n) is 17.1. The van der Waals surface area contributed by atoms with E-state index in [1.54, 1.807) is 6.07 Å². The van der Waals surface area contributed by atoms with Crippen LogP contribution >= 0.6 is 11.6 Å². The molecule has 2 unspecified atom stereocenters. The fraction of sp³-hybridized carbons (Fsp3) is 0.522. The monoisotopic (exact) mass is 429 g/mol. The van der Waals surface area contributed by atoms with E-state index in [2.05, 4.69) is 22.0 Å². The highest BCUT2D eigenvalue weighted by Crippen LogP contribution is 2.67. The van der Waals surface area contributed by atoms with Gasteiger partial charge in [0.25, 0.3) is 0 Å². The van der Waals surface area contributed by atoms with Gasteiger partial charge in [0.1, 0.15) is 5.82 Å². The minimum absolute atomic E-state index is 0.112. The number of aromatic amines is 1. The number of imidazole rings is 1. The summed E-state index contributed by atoms with van der Waals surface area (Å²) >= 11 is 5.96. The number of halogens is 2. The molecule has 5 N–H and O–H groups in total. The van der Waals surface area contributed by atoms with E-state index in [4.69, 9.17) is 28.1 Å². The standard InChI is InChI=1S/C23H29ClFN5/c24-18-11-20-21(12-19(18)25)29-22(28-20)30(8-2-7-26)17-5-6-23(13-15(23)10-17)14-3-1-4-16(27)9-14/h1,4,9,11-12,14-15,17H,2-3,5-8,10,13,26-27H2,(H,28,29)/t14?,15?,17-,23-/m1/s1. The van der Waals surface area contributed by atoms with Gasteiger partial charge in [0.2, 0.25) is 5.95 Å². The molecule has 3 aliphatic rings. The number of anilines is 1. The summed E-state index contributed by atoms with van der Waals surface area (Å²) in [7, 11) is 0. The third-order valence-corrected chi connectivity index (χ3v) is 7.73. The first-order valence-corrected chi connectivity index (χ1v) is 11.3. The van der Waals surface area contributed by atoms with Crippen LogP contribution in [0.5, 0.6) is 0 Å². The van der Waals surface area contributed by atoms with Gasteiger partial charge in [-0.25, -0.2) is 9.37 Å². The molecule has 7 heteroatoms. The van der Waals surface area contributed by atoms with Crippen molar-refractivity contribution in [1.29, 1.82) is 0 Å². The molecule has 0 radical (unpaired) electrons. The van der Waals surface area contributed by atoms with E-state index in [-0.39, 0.29) is 5.02 Å². The summed E-state index contributed by atoms with van der Waals surface area (Å²) in [4.78, 5) is 10.4. The number of allylic oxidation sites excluding steroid dienone is 3. The number of hydrogen-bond donors (Lipinski definition) is 3. The van der Waals surface area contributed by atoms with E-state index in [1.165, 1.54) is 18.9 Å². The molecule has 5 nitrogen and oxygen atoms in total. The van der Waals surface area contributed by atoms with E-state index in [9.17, 15) is 4.39 Å². The predicted octanol–water partition coefficient (Wildman–Crippen LogP) is 4.49. The Bertz CT molecular complexity index is 975. The fourth-order valence-electron chi connectivity index (χ4n) is 5.79. The van der Waals surface area contributed by atoms with Crippen molar-refractivity contribution in [2.24, 2.45) is 28.7 Å². The number of benzene rings is 1. The average Bonchev–Trinajstić information content (AvgIpc) is 3.35. The van der Waals surface area contributed by atoms with Crippen molar-refractivity contribution >= 4 is 28.6 Å². The number of fused-ring (bicyclic) bond motifs is 2. The lowest BCUT2D eigenvalue weighted by atomic mass is 9.74. The van der Waals surface area contributed by atoms with Gasteiger partial charge >= 0.3 is 0 Å². The van der Waals surface area contributed by atoms with Crippen LogP contribution in [-0.2, 0) is 0 Å². The lowest BCUT2D eigenvalue weighted by Crippen LogP contribution is -2.41. The van der Waals surface area contributed by atoms with Crippen molar-refractivity contribution in [3.63, 3.8) is 0 Å². The summed E-state index contributed by atoms with van der Waals surface area (Å²) in [5.74, 6) is 1.66. The molecule has 2 aromatic rings. The molecule has 0 bridgehead atoms. The number of aromatic nitrogens is 2.